The molecule has 4 aromatic carbocycles. The molecule has 152 valence electrons. The Bertz CT molecular complexity index is 1570. The van der Waals surface area contributed by atoms with Crippen molar-refractivity contribution < 1.29 is 0 Å². The molecule has 0 radical (unpaired) electrons. The topological polar surface area (TPSA) is 30.7 Å². The molecule has 0 saturated heterocycles. The van der Waals surface area contributed by atoms with Crippen molar-refractivity contribution in [2.75, 3.05) is 0 Å². The maximum Gasteiger partial charge on any atom is 0.161 e. The van der Waals surface area contributed by atoms with E-state index in [-0.39, 0.29) is 0 Å². The fourth-order valence-electron chi connectivity index (χ4n) is 4.27. The molecular formula is C28H18BrN3. The number of aromatic nitrogens is 3. The van der Waals surface area contributed by atoms with Crippen LogP contribution in [-0.4, -0.2) is 14.5 Å². The van der Waals surface area contributed by atoms with E-state index in [4.69, 9.17) is 4.98 Å². The highest BCUT2D eigenvalue weighted by molar-refractivity contribution is 9.10. The Balaban J connectivity index is 1.58. The lowest BCUT2D eigenvalue weighted by molar-refractivity contribution is 1.15. The predicted octanol–water partition coefficient (Wildman–Crippen LogP) is 7.67. The van der Waals surface area contributed by atoms with Gasteiger partial charge in [0.15, 0.2) is 5.82 Å². The third kappa shape index (κ3) is 3.20. The minimum absolute atomic E-state index is 0.710. The Hall–Kier alpha value is -3.76. The Morgan fingerprint density at radius 1 is 0.562 bits per heavy atom. The third-order valence-corrected chi connectivity index (χ3v) is 6.12. The number of hydrogen-bond donors (Lipinski definition) is 0. The molecule has 0 aliphatic rings. The van der Waals surface area contributed by atoms with Crippen molar-refractivity contribution in [3.05, 3.63) is 114 Å². The van der Waals surface area contributed by atoms with Crippen molar-refractivity contribution in [1.29, 1.82) is 0 Å². The molecule has 0 atom stereocenters. The van der Waals surface area contributed by atoms with E-state index in [9.17, 15) is 0 Å². The molecule has 0 spiro atoms. The van der Waals surface area contributed by atoms with Gasteiger partial charge >= 0.3 is 0 Å². The van der Waals surface area contributed by atoms with E-state index in [1.54, 1.807) is 0 Å². The summed E-state index contributed by atoms with van der Waals surface area (Å²) in [4.78, 5) is 9.47. The van der Waals surface area contributed by atoms with Crippen LogP contribution in [0.15, 0.2) is 114 Å². The maximum absolute atomic E-state index is 4.88. The molecule has 0 amide bonds. The van der Waals surface area contributed by atoms with Crippen LogP contribution in [0.5, 0.6) is 0 Å². The smallest absolute Gasteiger partial charge is 0.161 e. The Labute approximate surface area is 194 Å². The number of hydrogen-bond acceptors (Lipinski definition) is 2. The molecule has 2 heterocycles. The fraction of sp³-hybridized carbons (Fsp3) is 0. The van der Waals surface area contributed by atoms with Gasteiger partial charge < -0.3 is 4.57 Å². The lowest BCUT2D eigenvalue weighted by Crippen LogP contribution is -1.94. The average Bonchev–Trinajstić information content (AvgIpc) is 3.18. The van der Waals surface area contributed by atoms with Crippen molar-refractivity contribution in [1.82, 2.24) is 14.5 Å². The van der Waals surface area contributed by atoms with E-state index >= 15 is 0 Å². The van der Waals surface area contributed by atoms with Crippen molar-refractivity contribution in [3.63, 3.8) is 0 Å². The highest BCUT2D eigenvalue weighted by atomic mass is 79.9. The van der Waals surface area contributed by atoms with Crippen LogP contribution in [0.1, 0.15) is 0 Å². The summed E-state index contributed by atoms with van der Waals surface area (Å²) in [6, 6.07) is 37.7. The minimum Gasteiger partial charge on any atom is -0.309 e. The van der Waals surface area contributed by atoms with Gasteiger partial charge in [-0.1, -0.05) is 72.8 Å². The molecule has 0 bridgehead atoms. The zero-order chi connectivity index (χ0) is 21.5. The van der Waals surface area contributed by atoms with Crippen molar-refractivity contribution in [2.45, 2.75) is 0 Å². The van der Waals surface area contributed by atoms with E-state index in [0.717, 1.165) is 27.1 Å². The van der Waals surface area contributed by atoms with Gasteiger partial charge in [0.25, 0.3) is 0 Å². The Morgan fingerprint density at radius 3 is 2.06 bits per heavy atom. The molecule has 6 rings (SSSR count). The van der Waals surface area contributed by atoms with Crippen LogP contribution < -0.4 is 0 Å². The maximum atomic E-state index is 4.88. The molecule has 0 unspecified atom stereocenters. The Kier molecular flexibility index (Phi) is 4.58. The van der Waals surface area contributed by atoms with Gasteiger partial charge in [0, 0.05) is 27.6 Å². The van der Waals surface area contributed by atoms with Crippen LogP contribution in [-0.2, 0) is 0 Å². The van der Waals surface area contributed by atoms with Gasteiger partial charge in [-0.25, -0.2) is 9.97 Å². The van der Waals surface area contributed by atoms with E-state index in [1.807, 2.05) is 42.5 Å². The third-order valence-electron chi connectivity index (χ3n) is 5.71. The second-order valence-corrected chi connectivity index (χ2v) is 8.50. The number of fused-ring (bicyclic) bond motifs is 3. The van der Waals surface area contributed by atoms with Gasteiger partial charge in [-0.05, 0) is 52.3 Å². The number of nitrogens with zero attached hydrogens (tertiary/aromatic N) is 3. The van der Waals surface area contributed by atoms with Gasteiger partial charge in [0.1, 0.15) is 4.60 Å². The minimum atomic E-state index is 0.710. The van der Waals surface area contributed by atoms with Crippen molar-refractivity contribution in [3.8, 4) is 28.3 Å². The summed E-state index contributed by atoms with van der Waals surface area (Å²) in [5.41, 5.74) is 6.48. The highest BCUT2D eigenvalue weighted by Crippen LogP contribution is 2.35. The first-order chi connectivity index (χ1) is 15.8. The van der Waals surface area contributed by atoms with E-state index in [2.05, 4.69) is 92.2 Å². The standard InChI is InChI=1S/C28H18BrN3/c29-27-18-24(30-28(31-27)19-9-3-1-4-10-19)20-15-16-26-23(17-20)22-13-7-8-14-25(22)32(26)21-11-5-2-6-12-21/h1-18H. The van der Waals surface area contributed by atoms with Gasteiger partial charge in [0.05, 0.1) is 16.7 Å². The summed E-state index contributed by atoms with van der Waals surface area (Å²) >= 11 is 3.58. The SMILES string of the molecule is Brc1cc(-c2ccc3c(c2)c2ccccc2n3-c2ccccc2)nc(-c2ccccc2)n1. The summed E-state index contributed by atoms with van der Waals surface area (Å²) in [5, 5.41) is 2.43. The van der Waals surface area contributed by atoms with Crippen molar-refractivity contribution >= 4 is 37.7 Å². The summed E-state index contributed by atoms with van der Waals surface area (Å²) in [6.45, 7) is 0. The number of rotatable bonds is 3. The Morgan fingerprint density at radius 2 is 1.25 bits per heavy atom. The lowest BCUT2D eigenvalue weighted by atomic mass is 10.1. The van der Waals surface area contributed by atoms with Gasteiger partial charge in [-0.2, -0.15) is 0 Å². The van der Waals surface area contributed by atoms with Crippen LogP contribution in [0.3, 0.4) is 0 Å². The molecule has 32 heavy (non-hydrogen) atoms. The molecule has 6 aromatic rings. The van der Waals surface area contributed by atoms with Crippen LogP contribution in [0, 0.1) is 0 Å². The van der Waals surface area contributed by atoms with Crippen LogP contribution in [0.25, 0.3) is 50.1 Å². The molecule has 0 fully saturated rings. The highest BCUT2D eigenvalue weighted by Gasteiger charge is 2.14. The summed E-state index contributed by atoms with van der Waals surface area (Å²) < 4.78 is 3.09. The molecule has 0 aliphatic carbocycles. The predicted molar refractivity (Wildman–Crippen MR) is 135 cm³/mol. The second-order valence-electron chi connectivity index (χ2n) is 7.69. The first-order valence-corrected chi connectivity index (χ1v) is 11.3. The zero-order valence-corrected chi connectivity index (χ0v) is 18.7. The molecule has 0 aliphatic heterocycles. The zero-order valence-electron chi connectivity index (χ0n) is 17.1. The van der Waals surface area contributed by atoms with Gasteiger partial charge in [0.2, 0.25) is 0 Å². The monoisotopic (exact) mass is 475 g/mol. The summed E-state index contributed by atoms with van der Waals surface area (Å²) in [6.07, 6.45) is 0. The average molecular weight is 476 g/mol. The van der Waals surface area contributed by atoms with Crippen molar-refractivity contribution in [2.24, 2.45) is 0 Å². The van der Waals surface area contributed by atoms with E-state index in [1.165, 1.54) is 21.8 Å². The van der Waals surface area contributed by atoms with Crippen LogP contribution >= 0.6 is 15.9 Å². The molecular weight excluding hydrogens is 458 g/mol. The molecule has 0 saturated carbocycles. The van der Waals surface area contributed by atoms with Gasteiger partial charge in [-0.15, -0.1) is 0 Å². The van der Waals surface area contributed by atoms with Gasteiger partial charge in [-0.3, -0.25) is 0 Å². The normalized spacial score (nSPS) is 11.3. The first-order valence-electron chi connectivity index (χ1n) is 10.5. The molecule has 4 heteroatoms. The molecule has 0 N–H and O–H groups in total. The lowest BCUT2D eigenvalue weighted by Gasteiger charge is -2.08. The number of benzene rings is 4. The quantitative estimate of drug-likeness (QED) is 0.246. The number of para-hydroxylation sites is 2. The molecule has 2 aromatic heterocycles. The largest absolute Gasteiger partial charge is 0.309 e. The number of halogens is 1. The first kappa shape index (κ1) is 19.0. The van der Waals surface area contributed by atoms with Crippen LogP contribution in [0.4, 0.5) is 0 Å². The molecule has 3 nitrogen and oxygen atoms in total. The van der Waals surface area contributed by atoms with Crippen LogP contribution in [0.2, 0.25) is 0 Å². The van der Waals surface area contributed by atoms with E-state index in [0.29, 0.717) is 5.82 Å². The van der Waals surface area contributed by atoms with E-state index < -0.39 is 0 Å². The summed E-state index contributed by atoms with van der Waals surface area (Å²) in [5.74, 6) is 0.710. The fourth-order valence-corrected chi connectivity index (χ4v) is 4.65. The second kappa shape index (κ2) is 7.74. The summed E-state index contributed by atoms with van der Waals surface area (Å²) in [7, 11) is 0.